The van der Waals surface area contributed by atoms with E-state index >= 15 is 0 Å². The molecule has 4 N–H and O–H groups in total. The van der Waals surface area contributed by atoms with E-state index < -0.39 is 18.0 Å². The molecule has 2 amide bonds. The van der Waals surface area contributed by atoms with Gasteiger partial charge >= 0.3 is 12.0 Å². The number of nitrogens with two attached hydrogens (primary N) is 1. The number of alkyl halides is 1. The zero-order chi connectivity index (χ0) is 15.8. The normalized spacial score (nSPS) is 11.0. The molecule has 0 spiro atoms. The van der Waals surface area contributed by atoms with Gasteiger partial charge in [0.05, 0.1) is 11.8 Å². The van der Waals surface area contributed by atoms with E-state index in [1.54, 1.807) is 24.3 Å². The Labute approximate surface area is 138 Å². The van der Waals surface area contributed by atoms with Crippen LogP contribution in [0.5, 0.6) is 0 Å². The van der Waals surface area contributed by atoms with Crippen molar-refractivity contribution < 1.29 is 14.7 Å². The van der Waals surface area contributed by atoms with E-state index in [4.69, 9.17) is 22.4 Å². The Morgan fingerprint density at radius 1 is 1.36 bits per heavy atom. The first-order valence-electron chi connectivity index (χ1n) is 6.03. The lowest BCUT2D eigenvalue weighted by Crippen LogP contribution is -2.32. The van der Waals surface area contributed by atoms with E-state index in [2.05, 4.69) is 10.6 Å². The SMILES string of the molecule is Cl.N[C@@H](Cc1ccc(NC(=O)N(CCCl)N=O)cc1)C(=O)O. The van der Waals surface area contributed by atoms with Crippen LogP contribution < -0.4 is 11.1 Å². The number of nitrogens with one attached hydrogen (secondary N) is 1. The van der Waals surface area contributed by atoms with Crippen LogP contribution in [0.2, 0.25) is 0 Å². The molecule has 8 nitrogen and oxygen atoms in total. The molecular formula is C12H16Cl2N4O4. The van der Waals surface area contributed by atoms with Gasteiger partial charge < -0.3 is 16.2 Å². The summed E-state index contributed by atoms with van der Waals surface area (Å²) in [6, 6.07) is 4.75. The summed E-state index contributed by atoms with van der Waals surface area (Å²) >= 11 is 5.44. The second kappa shape index (κ2) is 9.93. The Morgan fingerprint density at radius 3 is 2.41 bits per heavy atom. The molecule has 122 valence electrons. The van der Waals surface area contributed by atoms with Gasteiger partial charge in [0.2, 0.25) is 0 Å². The maximum Gasteiger partial charge on any atom is 0.344 e. The number of nitroso groups, excluding NO2 is 1. The van der Waals surface area contributed by atoms with Gasteiger partial charge in [0.25, 0.3) is 0 Å². The summed E-state index contributed by atoms with van der Waals surface area (Å²) in [5.41, 5.74) is 6.58. The quantitative estimate of drug-likeness (QED) is 0.392. The second-order valence-electron chi connectivity index (χ2n) is 4.17. The average Bonchev–Trinajstić information content (AvgIpc) is 2.46. The fourth-order valence-corrected chi connectivity index (χ4v) is 1.67. The van der Waals surface area contributed by atoms with Crippen LogP contribution >= 0.6 is 24.0 Å². The minimum Gasteiger partial charge on any atom is -0.480 e. The number of carbonyl (C=O) groups is 2. The molecule has 22 heavy (non-hydrogen) atoms. The van der Waals surface area contributed by atoms with E-state index in [9.17, 15) is 14.5 Å². The number of carboxylic acids is 1. The number of halogens is 2. The summed E-state index contributed by atoms with van der Waals surface area (Å²) in [4.78, 5) is 32.8. The van der Waals surface area contributed by atoms with Crippen LogP contribution in [0.25, 0.3) is 0 Å². The lowest BCUT2D eigenvalue weighted by Gasteiger charge is -2.13. The molecule has 1 aromatic carbocycles. The summed E-state index contributed by atoms with van der Waals surface area (Å²) < 4.78 is 0. The number of amides is 2. The van der Waals surface area contributed by atoms with Gasteiger partial charge in [-0.25, -0.2) is 4.79 Å². The summed E-state index contributed by atoms with van der Waals surface area (Å²) in [5, 5.41) is 14.4. The number of rotatable bonds is 7. The highest BCUT2D eigenvalue weighted by atomic mass is 35.5. The molecule has 0 radical (unpaired) electrons. The molecule has 0 bridgehead atoms. The third-order valence-electron chi connectivity index (χ3n) is 2.61. The Bertz CT molecular complexity index is 512. The standard InChI is InChI=1S/C12H15ClN4O4.ClH/c13-5-6-17(16-21)12(20)15-9-3-1-8(2-4-9)7-10(14)11(18)19;/h1-4,10H,5-7,14H2,(H,15,20)(H,18,19);1H/t10-;/m0./s1. The van der Waals surface area contributed by atoms with Crippen LogP contribution in [0.1, 0.15) is 5.56 Å². The maximum absolute atomic E-state index is 11.7. The Balaban J connectivity index is 0.00000441. The summed E-state index contributed by atoms with van der Waals surface area (Å²) in [6.45, 7) is 0.00242. The van der Waals surface area contributed by atoms with Crippen LogP contribution in [0, 0.1) is 4.91 Å². The van der Waals surface area contributed by atoms with Gasteiger partial charge in [-0.3, -0.25) is 4.79 Å². The van der Waals surface area contributed by atoms with Gasteiger partial charge in [0, 0.05) is 11.6 Å². The van der Waals surface area contributed by atoms with Crippen molar-refractivity contribution in [3.8, 4) is 0 Å². The molecule has 0 fully saturated rings. The van der Waals surface area contributed by atoms with E-state index in [-0.39, 0.29) is 31.3 Å². The van der Waals surface area contributed by atoms with Crippen LogP contribution in [0.3, 0.4) is 0 Å². The van der Waals surface area contributed by atoms with Gasteiger partial charge in [-0.1, -0.05) is 12.1 Å². The average molecular weight is 351 g/mol. The number of hydrogen-bond acceptors (Lipinski definition) is 5. The number of carboxylic acid groups (broad SMARTS) is 1. The number of carbonyl (C=O) groups excluding carboxylic acids is 1. The largest absolute Gasteiger partial charge is 0.480 e. The smallest absolute Gasteiger partial charge is 0.344 e. The van der Waals surface area contributed by atoms with Gasteiger partial charge in [0.1, 0.15) is 6.04 Å². The van der Waals surface area contributed by atoms with Crippen molar-refractivity contribution >= 4 is 41.7 Å². The van der Waals surface area contributed by atoms with Crippen LogP contribution in [0.15, 0.2) is 29.6 Å². The molecule has 1 aromatic rings. The predicted octanol–water partition coefficient (Wildman–Crippen LogP) is 1.82. The molecule has 0 heterocycles. The van der Waals surface area contributed by atoms with Crippen molar-refractivity contribution in [2.24, 2.45) is 11.0 Å². The highest BCUT2D eigenvalue weighted by Crippen LogP contribution is 2.12. The van der Waals surface area contributed by atoms with Gasteiger partial charge in [-0.05, 0) is 24.1 Å². The number of aliphatic carboxylic acids is 1. The predicted molar refractivity (Wildman–Crippen MR) is 85.2 cm³/mol. The zero-order valence-corrected chi connectivity index (χ0v) is 13.0. The molecule has 1 atom stereocenters. The molecule has 0 unspecified atom stereocenters. The molecular weight excluding hydrogens is 335 g/mol. The van der Waals surface area contributed by atoms with Crippen molar-refractivity contribution in [3.63, 3.8) is 0 Å². The molecule has 0 aliphatic carbocycles. The number of benzene rings is 1. The second-order valence-corrected chi connectivity index (χ2v) is 4.55. The number of anilines is 1. The topological polar surface area (TPSA) is 125 Å². The highest BCUT2D eigenvalue weighted by Gasteiger charge is 2.14. The molecule has 0 saturated heterocycles. The summed E-state index contributed by atoms with van der Waals surface area (Å²) in [6.07, 6.45) is 0.178. The minimum absolute atomic E-state index is 0. The Morgan fingerprint density at radius 2 is 1.95 bits per heavy atom. The van der Waals surface area contributed by atoms with E-state index in [1.165, 1.54) is 0 Å². The van der Waals surface area contributed by atoms with Crippen LogP contribution in [-0.2, 0) is 11.2 Å². The van der Waals surface area contributed by atoms with Gasteiger partial charge in [-0.15, -0.1) is 28.9 Å². The molecule has 1 rings (SSSR count). The first-order chi connectivity index (χ1) is 9.97. The van der Waals surface area contributed by atoms with Crippen molar-refractivity contribution in [2.45, 2.75) is 12.5 Å². The van der Waals surface area contributed by atoms with Gasteiger partial charge in [0.15, 0.2) is 0 Å². The lowest BCUT2D eigenvalue weighted by molar-refractivity contribution is -0.138. The van der Waals surface area contributed by atoms with Crippen molar-refractivity contribution in [3.05, 3.63) is 34.7 Å². The first kappa shape index (κ1) is 20.1. The van der Waals surface area contributed by atoms with Crippen LogP contribution in [0.4, 0.5) is 10.5 Å². The third-order valence-corrected chi connectivity index (χ3v) is 2.78. The first-order valence-corrected chi connectivity index (χ1v) is 6.56. The third kappa shape index (κ3) is 6.25. The fourth-order valence-electron chi connectivity index (χ4n) is 1.51. The van der Waals surface area contributed by atoms with E-state index in [0.717, 1.165) is 0 Å². The van der Waals surface area contributed by atoms with Crippen molar-refractivity contribution in [1.29, 1.82) is 0 Å². The van der Waals surface area contributed by atoms with E-state index in [1.807, 2.05) is 0 Å². The van der Waals surface area contributed by atoms with Crippen molar-refractivity contribution in [2.75, 3.05) is 17.7 Å². The molecule has 0 aliphatic heterocycles. The number of urea groups is 1. The summed E-state index contributed by atoms with van der Waals surface area (Å²) in [5.74, 6) is -0.994. The number of hydrogen-bond donors (Lipinski definition) is 3. The molecule has 0 saturated carbocycles. The molecule has 0 aromatic heterocycles. The number of nitrogens with zero attached hydrogens (tertiary/aromatic N) is 2. The Hall–Kier alpha value is -1.90. The van der Waals surface area contributed by atoms with Crippen LogP contribution in [-0.4, -0.2) is 40.6 Å². The fraction of sp³-hybridized carbons (Fsp3) is 0.333. The van der Waals surface area contributed by atoms with Gasteiger partial charge in [-0.2, -0.15) is 5.01 Å². The zero-order valence-electron chi connectivity index (χ0n) is 11.4. The summed E-state index contributed by atoms with van der Waals surface area (Å²) in [7, 11) is 0. The minimum atomic E-state index is -1.08. The lowest BCUT2D eigenvalue weighted by atomic mass is 10.1. The maximum atomic E-state index is 11.7. The highest BCUT2D eigenvalue weighted by molar-refractivity contribution is 6.18. The molecule has 10 heteroatoms. The monoisotopic (exact) mass is 350 g/mol. The van der Waals surface area contributed by atoms with E-state index in [0.29, 0.717) is 16.3 Å². The molecule has 0 aliphatic rings. The van der Waals surface area contributed by atoms with Crippen molar-refractivity contribution in [1.82, 2.24) is 5.01 Å². The Kier molecular flexibility index (Phi) is 9.07.